The number of aryl methyl sites for hydroxylation is 1. The molecule has 1 aromatic heterocycles. The van der Waals surface area contributed by atoms with Gasteiger partial charge in [0.05, 0.1) is 20.3 Å². The summed E-state index contributed by atoms with van der Waals surface area (Å²) in [6.07, 6.45) is 2.94. The van der Waals surface area contributed by atoms with Crippen molar-refractivity contribution in [3.05, 3.63) is 34.3 Å². The van der Waals surface area contributed by atoms with Gasteiger partial charge in [0.15, 0.2) is 17.5 Å². The molecule has 2 N–H and O–H groups in total. The molecule has 2 rings (SSSR count). The molecule has 0 aliphatic heterocycles. The van der Waals surface area contributed by atoms with Gasteiger partial charge in [-0.1, -0.05) is 6.92 Å². The van der Waals surface area contributed by atoms with E-state index in [4.69, 9.17) is 9.47 Å². The monoisotopic (exact) mass is 348 g/mol. The predicted octanol–water partition coefficient (Wildman–Crippen LogP) is 3.30. The van der Waals surface area contributed by atoms with Gasteiger partial charge in [-0.2, -0.15) is 0 Å². The zero-order valence-corrected chi connectivity index (χ0v) is 15.4. The number of hydrogen-bond donors (Lipinski definition) is 2. The molecule has 0 fully saturated rings. The second-order valence-electron chi connectivity index (χ2n) is 4.92. The molecule has 0 spiro atoms. The van der Waals surface area contributed by atoms with Crippen LogP contribution in [0.1, 0.15) is 23.7 Å². The Kier molecular flexibility index (Phi) is 6.87. The lowest BCUT2D eigenvalue weighted by Crippen LogP contribution is -2.30. The number of methoxy groups -OCH3 is 1. The molecule has 0 radical (unpaired) electrons. The third kappa shape index (κ3) is 4.86. The molecule has 2 aromatic rings. The summed E-state index contributed by atoms with van der Waals surface area (Å²) < 4.78 is 10.9. The molecule has 0 bridgehead atoms. The maximum Gasteiger partial charge on any atom is 0.195 e. The van der Waals surface area contributed by atoms with E-state index in [2.05, 4.69) is 27.5 Å². The highest BCUT2D eigenvalue weighted by Crippen LogP contribution is 2.30. The van der Waals surface area contributed by atoms with Gasteiger partial charge >= 0.3 is 0 Å². The fourth-order valence-electron chi connectivity index (χ4n) is 2.09. The standard InChI is InChI=1S/C17H24N4O2S/c1-5-13-10-19-16(24-13)11-20-17(18-3)21-12-7-8-14(22-4)15(9-12)23-6-2/h7-10H,5-6,11H2,1-4H3,(H2,18,20,21). The summed E-state index contributed by atoms with van der Waals surface area (Å²) in [7, 11) is 3.37. The molecule has 0 unspecified atom stereocenters. The summed E-state index contributed by atoms with van der Waals surface area (Å²) in [5.74, 6) is 2.09. The van der Waals surface area contributed by atoms with Crippen molar-refractivity contribution >= 4 is 23.0 Å². The molecule has 0 saturated heterocycles. The van der Waals surface area contributed by atoms with Crippen LogP contribution in [-0.2, 0) is 13.0 Å². The highest BCUT2D eigenvalue weighted by Gasteiger charge is 2.07. The Morgan fingerprint density at radius 1 is 1.29 bits per heavy atom. The van der Waals surface area contributed by atoms with E-state index in [9.17, 15) is 0 Å². The van der Waals surface area contributed by atoms with Crippen LogP contribution in [0.3, 0.4) is 0 Å². The van der Waals surface area contributed by atoms with E-state index in [-0.39, 0.29) is 0 Å². The highest BCUT2D eigenvalue weighted by molar-refractivity contribution is 7.11. The van der Waals surface area contributed by atoms with Crippen LogP contribution in [0, 0.1) is 0 Å². The minimum atomic E-state index is 0.580. The molecule has 130 valence electrons. The van der Waals surface area contributed by atoms with Crippen molar-refractivity contribution in [1.82, 2.24) is 10.3 Å². The number of hydrogen-bond acceptors (Lipinski definition) is 5. The number of aromatic nitrogens is 1. The van der Waals surface area contributed by atoms with Gasteiger partial charge in [-0.3, -0.25) is 4.99 Å². The first-order chi connectivity index (χ1) is 11.7. The molecule has 6 nitrogen and oxygen atoms in total. The van der Waals surface area contributed by atoms with Crippen LogP contribution >= 0.6 is 11.3 Å². The summed E-state index contributed by atoms with van der Waals surface area (Å²) in [6, 6.07) is 5.69. The number of benzene rings is 1. The van der Waals surface area contributed by atoms with Crippen LogP contribution in [-0.4, -0.2) is 31.7 Å². The number of thiazole rings is 1. The first-order valence-electron chi connectivity index (χ1n) is 7.92. The van der Waals surface area contributed by atoms with E-state index in [1.807, 2.05) is 31.3 Å². The first-order valence-corrected chi connectivity index (χ1v) is 8.73. The molecule has 7 heteroatoms. The van der Waals surface area contributed by atoms with Crippen molar-refractivity contribution in [1.29, 1.82) is 0 Å². The van der Waals surface area contributed by atoms with Crippen molar-refractivity contribution in [3.63, 3.8) is 0 Å². The molecule has 1 aromatic carbocycles. The summed E-state index contributed by atoms with van der Waals surface area (Å²) >= 11 is 1.71. The SMILES string of the molecule is CCOc1cc(NC(=NC)NCc2ncc(CC)s2)ccc1OC. The van der Waals surface area contributed by atoms with Crippen molar-refractivity contribution < 1.29 is 9.47 Å². The lowest BCUT2D eigenvalue weighted by Gasteiger charge is -2.14. The Morgan fingerprint density at radius 2 is 2.12 bits per heavy atom. The van der Waals surface area contributed by atoms with E-state index in [0.717, 1.165) is 17.1 Å². The average molecular weight is 348 g/mol. The second kappa shape index (κ2) is 9.12. The van der Waals surface area contributed by atoms with Gasteiger partial charge in [0.2, 0.25) is 0 Å². The van der Waals surface area contributed by atoms with Crippen LogP contribution in [0.15, 0.2) is 29.4 Å². The van der Waals surface area contributed by atoms with Crippen LogP contribution in [0.2, 0.25) is 0 Å². The Bertz CT molecular complexity index is 685. The Morgan fingerprint density at radius 3 is 2.75 bits per heavy atom. The molecular weight excluding hydrogens is 324 g/mol. The largest absolute Gasteiger partial charge is 0.493 e. The fraction of sp³-hybridized carbons (Fsp3) is 0.412. The van der Waals surface area contributed by atoms with E-state index >= 15 is 0 Å². The second-order valence-corrected chi connectivity index (χ2v) is 6.12. The Balaban J connectivity index is 2.00. The van der Waals surface area contributed by atoms with Crippen molar-refractivity contribution in [3.8, 4) is 11.5 Å². The van der Waals surface area contributed by atoms with E-state index in [1.165, 1.54) is 4.88 Å². The molecule has 24 heavy (non-hydrogen) atoms. The van der Waals surface area contributed by atoms with Gasteiger partial charge in [-0.15, -0.1) is 11.3 Å². The number of rotatable bonds is 7. The Hall–Kier alpha value is -2.28. The maximum absolute atomic E-state index is 5.59. The predicted molar refractivity (Wildman–Crippen MR) is 99.5 cm³/mol. The van der Waals surface area contributed by atoms with Crippen molar-refractivity contribution in [2.75, 3.05) is 26.1 Å². The van der Waals surface area contributed by atoms with Gasteiger partial charge in [0.1, 0.15) is 5.01 Å². The number of aliphatic imine (C=N–C) groups is 1. The minimum absolute atomic E-state index is 0.580. The highest BCUT2D eigenvalue weighted by atomic mass is 32.1. The lowest BCUT2D eigenvalue weighted by atomic mass is 10.2. The minimum Gasteiger partial charge on any atom is -0.493 e. The average Bonchev–Trinajstić information content (AvgIpc) is 3.07. The van der Waals surface area contributed by atoms with Crippen LogP contribution in [0.4, 0.5) is 5.69 Å². The van der Waals surface area contributed by atoms with Gasteiger partial charge < -0.3 is 20.1 Å². The van der Waals surface area contributed by atoms with Gasteiger partial charge in [-0.05, 0) is 25.5 Å². The van der Waals surface area contributed by atoms with Crippen LogP contribution in [0.5, 0.6) is 11.5 Å². The third-order valence-electron chi connectivity index (χ3n) is 3.31. The number of anilines is 1. The maximum atomic E-state index is 5.59. The zero-order valence-electron chi connectivity index (χ0n) is 14.5. The molecule has 0 aliphatic carbocycles. The molecular formula is C17H24N4O2S. The van der Waals surface area contributed by atoms with E-state index in [1.54, 1.807) is 25.5 Å². The smallest absolute Gasteiger partial charge is 0.195 e. The van der Waals surface area contributed by atoms with Crippen molar-refractivity contribution in [2.24, 2.45) is 4.99 Å². The summed E-state index contributed by atoms with van der Waals surface area (Å²) in [5.41, 5.74) is 0.876. The van der Waals surface area contributed by atoms with E-state index < -0.39 is 0 Å². The van der Waals surface area contributed by atoms with Gasteiger partial charge in [0, 0.05) is 29.9 Å². The zero-order chi connectivity index (χ0) is 17.4. The third-order valence-corrected chi connectivity index (χ3v) is 4.45. The Labute approximate surface area is 146 Å². The van der Waals surface area contributed by atoms with Crippen molar-refractivity contribution in [2.45, 2.75) is 26.8 Å². The summed E-state index contributed by atoms with van der Waals surface area (Å²) in [5, 5.41) is 7.56. The topological polar surface area (TPSA) is 67.8 Å². The lowest BCUT2D eigenvalue weighted by molar-refractivity contribution is 0.311. The number of guanidine groups is 1. The van der Waals surface area contributed by atoms with E-state index in [0.29, 0.717) is 30.6 Å². The fourth-order valence-corrected chi connectivity index (χ4v) is 2.89. The molecule has 0 atom stereocenters. The molecule has 0 amide bonds. The molecule has 0 aliphatic rings. The first kappa shape index (κ1) is 18.1. The molecule has 1 heterocycles. The molecule has 0 saturated carbocycles. The summed E-state index contributed by atoms with van der Waals surface area (Å²) in [6.45, 7) is 5.29. The van der Waals surface area contributed by atoms with Crippen LogP contribution < -0.4 is 20.1 Å². The number of nitrogens with one attached hydrogen (secondary N) is 2. The quantitative estimate of drug-likeness (QED) is 0.593. The normalized spacial score (nSPS) is 11.2. The number of nitrogens with zero attached hydrogens (tertiary/aromatic N) is 2. The van der Waals surface area contributed by atoms with Gasteiger partial charge in [-0.25, -0.2) is 4.98 Å². The van der Waals surface area contributed by atoms with Crippen LogP contribution in [0.25, 0.3) is 0 Å². The summed E-state index contributed by atoms with van der Waals surface area (Å²) in [4.78, 5) is 9.92. The number of ether oxygens (including phenoxy) is 2. The van der Waals surface area contributed by atoms with Gasteiger partial charge in [0.25, 0.3) is 0 Å².